The Bertz CT molecular complexity index is 676. The molecule has 0 saturated carbocycles. The average Bonchev–Trinajstić information content (AvgIpc) is 3.04. The number of nitrogens with one attached hydrogen (secondary N) is 1. The molecular weight excluding hydrogens is 316 g/mol. The second-order valence-electron chi connectivity index (χ2n) is 4.17. The van der Waals surface area contributed by atoms with Gasteiger partial charge < -0.3 is 4.74 Å². The topological polar surface area (TPSA) is 68.3 Å². The molecule has 1 atom stereocenters. The predicted octanol–water partition coefficient (Wildman–Crippen LogP) is 2.95. The minimum atomic E-state index is -3.60. The van der Waals surface area contributed by atoms with Crippen LogP contribution in [-0.4, -0.2) is 20.5 Å². The number of methoxy groups -OCH3 is 1. The average molecular weight is 332 g/mol. The molecule has 0 aliphatic rings. The number of hydrogen-bond donors (Lipinski definition) is 1. The summed E-state index contributed by atoms with van der Waals surface area (Å²) in [4.78, 5) is 5.32. The van der Waals surface area contributed by atoms with E-state index in [0.29, 0.717) is 12.2 Å². The second kappa shape index (κ2) is 6.21. The largest absolute Gasteiger partial charge is 0.494 e. The lowest BCUT2D eigenvalue weighted by molar-refractivity contribution is 0.406. The maximum atomic E-state index is 12.4. The van der Waals surface area contributed by atoms with Crippen LogP contribution >= 0.6 is 22.7 Å². The number of nitrogens with zero attached hydrogens (tertiary/aromatic N) is 1. The highest BCUT2D eigenvalue weighted by atomic mass is 32.2. The summed E-state index contributed by atoms with van der Waals surface area (Å²) in [6.45, 7) is 3.88. The van der Waals surface area contributed by atoms with Gasteiger partial charge in [0.05, 0.1) is 13.2 Å². The lowest BCUT2D eigenvalue weighted by Crippen LogP contribution is -2.28. The Morgan fingerprint density at radius 2 is 2.25 bits per heavy atom. The number of sulfonamides is 1. The van der Waals surface area contributed by atoms with Crippen molar-refractivity contribution in [3.8, 4) is 5.75 Å². The fourth-order valence-corrected chi connectivity index (χ4v) is 5.27. The quantitative estimate of drug-likeness (QED) is 0.883. The van der Waals surface area contributed by atoms with Gasteiger partial charge in [-0.05, 0) is 24.8 Å². The van der Waals surface area contributed by atoms with Crippen molar-refractivity contribution >= 4 is 32.7 Å². The molecule has 2 heterocycles. The van der Waals surface area contributed by atoms with Gasteiger partial charge in [0.25, 0.3) is 10.0 Å². The molecule has 5 nitrogen and oxygen atoms in total. The summed E-state index contributed by atoms with van der Waals surface area (Å²) in [6, 6.07) is 1.33. The Kier molecular flexibility index (Phi) is 4.79. The van der Waals surface area contributed by atoms with Gasteiger partial charge in [0.15, 0.2) is 4.21 Å². The highest BCUT2D eigenvalue weighted by Gasteiger charge is 2.26. The van der Waals surface area contributed by atoms with Crippen LogP contribution in [0, 0.1) is 6.92 Å². The second-order valence-corrected chi connectivity index (χ2v) is 8.26. The smallest absolute Gasteiger partial charge is 0.254 e. The van der Waals surface area contributed by atoms with E-state index in [1.54, 1.807) is 17.6 Å². The summed E-state index contributed by atoms with van der Waals surface area (Å²) in [7, 11) is -2.14. The van der Waals surface area contributed by atoms with Crippen LogP contribution in [0.15, 0.2) is 21.9 Å². The number of thiazole rings is 1. The Morgan fingerprint density at radius 3 is 2.80 bits per heavy atom. The van der Waals surface area contributed by atoms with Crippen molar-refractivity contribution < 1.29 is 13.2 Å². The summed E-state index contributed by atoms with van der Waals surface area (Å²) < 4.78 is 32.8. The van der Waals surface area contributed by atoms with E-state index in [1.165, 1.54) is 18.4 Å². The van der Waals surface area contributed by atoms with Gasteiger partial charge in [-0.15, -0.1) is 22.7 Å². The SMILES string of the molecule is CC[C@H](NS(=O)(=O)c1sccc1OC)c1ncc(C)s1. The van der Waals surface area contributed by atoms with Crippen LogP contribution in [0.1, 0.15) is 29.3 Å². The van der Waals surface area contributed by atoms with Crippen LogP contribution in [0.5, 0.6) is 5.75 Å². The summed E-state index contributed by atoms with van der Waals surface area (Å²) in [5, 5.41) is 2.48. The van der Waals surface area contributed by atoms with Gasteiger partial charge in [0.1, 0.15) is 10.8 Å². The van der Waals surface area contributed by atoms with E-state index in [4.69, 9.17) is 4.74 Å². The molecule has 20 heavy (non-hydrogen) atoms. The Hall–Kier alpha value is -0.960. The maximum Gasteiger partial charge on any atom is 0.254 e. The van der Waals surface area contributed by atoms with Gasteiger partial charge in [-0.3, -0.25) is 0 Å². The molecular formula is C12H16N2O3S3. The molecule has 2 aromatic heterocycles. The van der Waals surface area contributed by atoms with Gasteiger partial charge in [-0.2, -0.15) is 0 Å². The third-order valence-corrected chi connectivity index (χ3v) is 6.65. The minimum absolute atomic E-state index is 0.201. The van der Waals surface area contributed by atoms with Gasteiger partial charge in [0.2, 0.25) is 0 Å². The van der Waals surface area contributed by atoms with E-state index >= 15 is 0 Å². The molecule has 0 bridgehead atoms. The normalized spacial score (nSPS) is 13.3. The molecule has 0 aliphatic heterocycles. The van der Waals surface area contributed by atoms with Crippen molar-refractivity contribution in [2.24, 2.45) is 0 Å². The molecule has 0 aromatic carbocycles. The monoisotopic (exact) mass is 332 g/mol. The third kappa shape index (κ3) is 3.20. The summed E-state index contributed by atoms with van der Waals surface area (Å²) in [6.07, 6.45) is 2.39. The van der Waals surface area contributed by atoms with Crippen LogP contribution < -0.4 is 9.46 Å². The Morgan fingerprint density at radius 1 is 1.50 bits per heavy atom. The van der Waals surface area contributed by atoms with Gasteiger partial charge in [-0.1, -0.05) is 6.92 Å². The standard InChI is InChI=1S/C12H16N2O3S3/c1-4-9(11-13-7-8(2)19-11)14-20(15,16)12-10(17-3)5-6-18-12/h5-7,9,14H,4H2,1-3H3/t9-/m0/s1. The summed E-state index contributed by atoms with van der Waals surface area (Å²) in [5.41, 5.74) is 0. The van der Waals surface area contributed by atoms with Crippen molar-refractivity contribution in [2.45, 2.75) is 30.5 Å². The van der Waals surface area contributed by atoms with Crippen LogP contribution in [0.2, 0.25) is 0 Å². The predicted molar refractivity (Wildman–Crippen MR) is 81.1 cm³/mol. The van der Waals surface area contributed by atoms with E-state index in [9.17, 15) is 8.42 Å². The van der Waals surface area contributed by atoms with Crippen LogP contribution in [0.25, 0.3) is 0 Å². The van der Waals surface area contributed by atoms with Crippen LogP contribution in [-0.2, 0) is 10.0 Å². The first-order chi connectivity index (χ1) is 9.47. The first-order valence-corrected chi connectivity index (χ1v) is 9.22. The van der Waals surface area contributed by atoms with E-state index < -0.39 is 10.0 Å². The molecule has 0 aliphatic carbocycles. The first-order valence-electron chi connectivity index (χ1n) is 6.04. The first kappa shape index (κ1) is 15.4. The van der Waals surface area contributed by atoms with E-state index in [0.717, 1.165) is 21.2 Å². The zero-order valence-corrected chi connectivity index (χ0v) is 13.9. The zero-order chi connectivity index (χ0) is 14.8. The van der Waals surface area contributed by atoms with Crippen LogP contribution in [0.4, 0.5) is 0 Å². The molecule has 110 valence electrons. The summed E-state index contributed by atoms with van der Waals surface area (Å²) in [5.74, 6) is 0.368. The molecule has 2 aromatic rings. The summed E-state index contributed by atoms with van der Waals surface area (Å²) >= 11 is 2.64. The van der Waals surface area contributed by atoms with E-state index in [1.807, 2.05) is 13.8 Å². The van der Waals surface area contributed by atoms with Crippen molar-refractivity contribution in [1.82, 2.24) is 9.71 Å². The molecule has 0 unspecified atom stereocenters. The number of aryl methyl sites for hydroxylation is 1. The van der Waals surface area contributed by atoms with E-state index in [2.05, 4.69) is 9.71 Å². The maximum absolute atomic E-state index is 12.4. The lowest BCUT2D eigenvalue weighted by Gasteiger charge is -2.14. The number of thiophene rings is 1. The lowest BCUT2D eigenvalue weighted by atomic mass is 10.3. The Labute approximate surface area is 126 Å². The Balaban J connectivity index is 2.27. The number of ether oxygens (including phenoxy) is 1. The van der Waals surface area contributed by atoms with Crippen molar-refractivity contribution in [3.63, 3.8) is 0 Å². The molecule has 0 fully saturated rings. The molecule has 2 rings (SSSR count). The fraction of sp³-hybridized carbons (Fsp3) is 0.417. The van der Waals surface area contributed by atoms with Crippen molar-refractivity contribution in [3.05, 3.63) is 27.5 Å². The van der Waals surface area contributed by atoms with Crippen molar-refractivity contribution in [2.75, 3.05) is 7.11 Å². The molecule has 8 heteroatoms. The van der Waals surface area contributed by atoms with Gasteiger partial charge in [-0.25, -0.2) is 18.1 Å². The third-order valence-electron chi connectivity index (χ3n) is 2.70. The van der Waals surface area contributed by atoms with Crippen molar-refractivity contribution in [1.29, 1.82) is 0 Å². The molecule has 0 radical (unpaired) electrons. The van der Waals surface area contributed by atoms with E-state index in [-0.39, 0.29) is 10.3 Å². The number of hydrogen-bond acceptors (Lipinski definition) is 6. The minimum Gasteiger partial charge on any atom is -0.494 e. The molecule has 0 spiro atoms. The zero-order valence-electron chi connectivity index (χ0n) is 11.4. The molecule has 0 saturated heterocycles. The highest BCUT2D eigenvalue weighted by molar-refractivity contribution is 7.91. The van der Waals surface area contributed by atoms with Crippen LogP contribution in [0.3, 0.4) is 0 Å². The molecule has 1 N–H and O–H groups in total. The molecule has 0 amide bonds. The highest BCUT2D eigenvalue weighted by Crippen LogP contribution is 2.31. The van der Waals surface area contributed by atoms with Gasteiger partial charge >= 0.3 is 0 Å². The van der Waals surface area contributed by atoms with Gasteiger partial charge in [0, 0.05) is 11.1 Å². The fourth-order valence-electron chi connectivity index (χ4n) is 1.71. The number of rotatable bonds is 6. The number of aromatic nitrogens is 1.